The highest BCUT2D eigenvalue weighted by atomic mass is 16.4. The fourth-order valence-corrected chi connectivity index (χ4v) is 2.59. The van der Waals surface area contributed by atoms with E-state index in [1.807, 2.05) is 12.1 Å². The highest BCUT2D eigenvalue weighted by Crippen LogP contribution is 2.09. The molecule has 0 aliphatic carbocycles. The summed E-state index contributed by atoms with van der Waals surface area (Å²) in [6.07, 6.45) is 5.41. The lowest BCUT2D eigenvalue weighted by Crippen LogP contribution is -2.32. The van der Waals surface area contributed by atoms with E-state index in [1.54, 1.807) is 12.1 Å². The van der Waals surface area contributed by atoms with Gasteiger partial charge in [0.05, 0.1) is 5.56 Å². The van der Waals surface area contributed by atoms with Gasteiger partial charge in [-0.25, -0.2) is 4.79 Å². The van der Waals surface area contributed by atoms with Gasteiger partial charge in [0.1, 0.15) is 0 Å². The van der Waals surface area contributed by atoms with Crippen molar-refractivity contribution in [2.24, 2.45) is 0 Å². The molecule has 0 bridgehead atoms. The summed E-state index contributed by atoms with van der Waals surface area (Å²) in [7, 11) is 0. The van der Waals surface area contributed by atoms with Crippen LogP contribution in [0.1, 0.15) is 41.6 Å². The zero-order valence-corrected chi connectivity index (χ0v) is 12.0. The molecule has 0 atom stereocenters. The Morgan fingerprint density at radius 2 is 1.75 bits per heavy atom. The summed E-state index contributed by atoms with van der Waals surface area (Å²) in [4.78, 5) is 13.3. The summed E-state index contributed by atoms with van der Waals surface area (Å²) in [5.74, 6) is -0.870. The Hall–Kier alpha value is -1.39. The summed E-state index contributed by atoms with van der Waals surface area (Å²) in [5.41, 5.74) is 1.48. The fourth-order valence-electron chi connectivity index (χ4n) is 2.59. The average molecular weight is 276 g/mol. The van der Waals surface area contributed by atoms with Crippen LogP contribution in [0.15, 0.2) is 24.3 Å². The maximum Gasteiger partial charge on any atom is 0.335 e. The molecule has 1 aliphatic heterocycles. The molecule has 2 N–H and O–H groups in total. The summed E-state index contributed by atoms with van der Waals surface area (Å²) >= 11 is 0. The summed E-state index contributed by atoms with van der Waals surface area (Å²) in [6.45, 7) is 5.35. The van der Waals surface area contributed by atoms with Gasteiger partial charge in [0.25, 0.3) is 0 Å². The zero-order chi connectivity index (χ0) is 14.2. The van der Waals surface area contributed by atoms with Crippen molar-refractivity contribution in [2.45, 2.75) is 32.2 Å². The van der Waals surface area contributed by atoms with Gasteiger partial charge in [-0.15, -0.1) is 0 Å². The number of rotatable bonds is 6. The van der Waals surface area contributed by atoms with Gasteiger partial charge in [0, 0.05) is 19.6 Å². The second kappa shape index (κ2) is 8.02. The quantitative estimate of drug-likeness (QED) is 0.783. The van der Waals surface area contributed by atoms with Crippen LogP contribution in [0.25, 0.3) is 0 Å². The Balaban J connectivity index is 1.66. The van der Waals surface area contributed by atoms with Gasteiger partial charge in [0.15, 0.2) is 0 Å². The molecular weight excluding hydrogens is 252 g/mol. The minimum atomic E-state index is -0.870. The molecule has 0 radical (unpaired) electrons. The molecule has 0 spiro atoms. The predicted octanol–water partition coefficient (Wildman–Crippen LogP) is 2.35. The smallest absolute Gasteiger partial charge is 0.335 e. The second-order valence-electron chi connectivity index (χ2n) is 5.43. The van der Waals surface area contributed by atoms with E-state index < -0.39 is 5.97 Å². The van der Waals surface area contributed by atoms with Gasteiger partial charge in [-0.1, -0.05) is 25.0 Å². The SMILES string of the molecule is O=C(O)c1ccc(CNCCN2CCCCCC2)cc1. The molecule has 0 saturated carbocycles. The highest BCUT2D eigenvalue weighted by Gasteiger charge is 2.07. The molecule has 2 rings (SSSR count). The van der Waals surface area contributed by atoms with Gasteiger partial charge >= 0.3 is 5.97 Å². The van der Waals surface area contributed by atoms with Gasteiger partial charge in [-0.2, -0.15) is 0 Å². The van der Waals surface area contributed by atoms with Crippen LogP contribution >= 0.6 is 0 Å². The molecule has 4 heteroatoms. The number of carbonyl (C=O) groups is 1. The first-order chi connectivity index (χ1) is 9.75. The number of aromatic carboxylic acids is 1. The minimum absolute atomic E-state index is 0.346. The molecule has 0 unspecified atom stereocenters. The molecule has 1 aliphatic rings. The lowest BCUT2D eigenvalue weighted by Gasteiger charge is -2.19. The highest BCUT2D eigenvalue weighted by molar-refractivity contribution is 5.87. The van der Waals surface area contributed by atoms with E-state index in [9.17, 15) is 4.79 Å². The Labute approximate surface area is 120 Å². The van der Waals surface area contributed by atoms with Crippen LogP contribution in [0.4, 0.5) is 0 Å². The summed E-state index contributed by atoms with van der Waals surface area (Å²) < 4.78 is 0. The van der Waals surface area contributed by atoms with Crippen LogP contribution in [0, 0.1) is 0 Å². The Morgan fingerprint density at radius 1 is 1.10 bits per heavy atom. The van der Waals surface area contributed by atoms with Crippen molar-refractivity contribution in [3.05, 3.63) is 35.4 Å². The molecule has 1 aromatic rings. The van der Waals surface area contributed by atoms with Crippen molar-refractivity contribution >= 4 is 5.97 Å². The van der Waals surface area contributed by atoms with E-state index in [0.29, 0.717) is 5.56 Å². The third-order valence-corrected chi connectivity index (χ3v) is 3.83. The van der Waals surface area contributed by atoms with Gasteiger partial charge in [0.2, 0.25) is 0 Å². The molecule has 0 amide bonds. The molecule has 110 valence electrons. The fraction of sp³-hybridized carbons (Fsp3) is 0.562. The number of carboxylic acids is 1. The lowest BCUT2D eigenvalue weighted by atomic mass is 10.1. The van der Waals surface area contributed by atoms with E-state index in [-0.39, 0.29) is 0 Å². The first-order valence-electron chi connectivity index (χ1n) is 7.51. The molecular formula is C16H24N2O2. The maximum absolute atomic E-state index is 10.8. The molecule has 1 aromatic carbocycles. The zero-order valence-electron chi connectivity index (χ0n) is 12.0. The van der Waals surface area contributed by atoms with Crippen LogP contribution < -0.4 is 5.32 Å². The molecule has 1 heterocycles. The molecule has 4 nitrogen and oxygen atoms in total. The van der Waals surface area contributed by atoms with Crippen molar-refractivity contribution in [3.8, 4) is 0 Å². The first kappa shape index (κ1) is 15.0. The van der Waals surface area contributed by atoms with Crippen LogP contribution in [-0.4, -0.2) is 42.2 Å². The third-order valence-electron chi connectivity index (χ3n) is 3.83. The van der Waals surface area contributed by atoms with E-state index in [1.165, 1.54) is 38.8 Å². The number of likely N-dealkylation sites (tertiary alicyclic amines) is 1. The summed E-state index contributed by atoms with van der Waals surface area (Å²) in [6, 6.07) is 7.08. The largest absolute Gasteiger partial charge is 0.478 e. The molecule has 0 aromatic heterocycles. The average Bonchev–Trinajstić information content (AvgIpc) is 2.73. The van der Waals surface area contributed by atoms with Crippen molar-refractivity contribution in [1.82, 2.24) is 10.2 Å². The monoisotopic (exact) mass is 276 g/mol. The van der Waals surface area contributed by atoms with E-state index in [0.717, 1.165) is 25.2 Å². The van der Waals surface area contributed by atoms with E-state index >= 15 is 0 Å². The standard InChI is InChI=1S/C16H24N2O2/c19-16(20)15-7-5-14(6-8-15)13-17-9-12-18-10-3-1-2-4-11-18/h5-8,17H,1-4,9-13H2,(H,19,20). The minimum Gasteiger partial charge on any atom is -0.478 e. The third kappa shape index (κ3) is 4.94. The lowest BCUT2D eigenvalue weighted by molar-refractivity contribution is 0.0697. The van der Waals surface area contributed by atoms with Crippen molar-refractivity contribution in [3.63, 3.8) is 0 Å². The Bertz CT molecular complexity index is 409. The first-order valence-corrected chi connectivity index (χ1v) is 7.51. The van der Waals surface area contributed by atoms with Gasteiger partial charge in [-0.3, -0.25) is 0 Å². The second-order valence-corrected chi connectivity index (χ2v) is 5.43. The van der Waals surface area contributed by atoms with Gasteiger partial charge in [-0.05, 0) is 43.6 Å². The van der Waals surface area contributed by atoms with Crippen LogP contribution in [0.5, 0.6) is 0 Å². The topological polar surface area (TPSA) is 52.6 Å². The maximum atomic E-state index is 10.8. The van der Waals surface area contributed by atoms with E-state index in [2.05, 4.69) is 10.2 Å². The Kier molecular flexibility index (Phi) is 6.02. The number of nitrogens with zero attached hydrogens (tertiary/aromatic N) is 1. The van der Waals surface area contributed by atoms with E-state index in [4.69, 9.17) is 5.11 Å². The predicted molar refractivity (Wildman–Crippen MR) is 80.0 cm³/mol. The molecule has 1 fully saturated rings. The molecule has 1 saturated heterocycles. The summed E-state index contributed by atoms with van der Waals surface area (Å²) in [5, 5.41) is 12.3. The number of hydrogen-bond acceptors (Lipinski definition) is 3. The van der Waals surface area contributed by atoms with Crippen LogP contribution in [-0.2, 0) is 6.54 Å². The number of benzene rings is 1. The van der Waals surface area contributed by atoms with Crippen molar-refractivity contribution in [2.75, 3.05) is 26.2 Å². The molecule has 20 heavy (non-hydrogen) atoms. The number of hydrogen-bond donors (Lipinski definition) is 2. The van der Waals surface area contributed by atoms with Crippen molar-refractivity contribution < 1.29 is 9.90 Å². The van der Waals surface area contributed by atoms with Crippen LogP contribution in [0.3, 0.4) is 0 Å². The van der Waals surface area contributed by atoms with Crippen LogP contribution in [0.2, 0.25) is 0 Å². The van der Waals surface area contributed by atoms with Gasteiger partial charge < -0.3 is 15.3 Å². The van der Waals surface area contributed by atoms with Crippen molar-refractivity contribution in [1.29, 1.82) is 0 Å². The normalized spacial score (nSPS) is 16.8. The number of nitrogens with one attached hydrogen (secondary N) is 1. The Morgan fingerprint density at radius 3 is 2.35 bits per heavy atom. The number of carboxylic acid groups (broad SMARTS) is 1.